The van der Waals surface area contributed by atoms with Crippen LogP contribution in [0.1, 0.15) is 6.42 Å². The van der Waals surface area contributed by atoms with E-state index in [4.69, 9.17) is 5.11 Å². The van der Waals surface area contributed by atoms with E-state index in [-0.39, 0.29) is 0 Å². The SMILES string of the molecule is OC1CN(I)CCC1F. The van der Waals surface area contributed by atoms with Crippen LogP contribution in [0.25, 0.3) is 0 Å². The topological polar surface area (TPSA) is 23.5 Å². The van der Waals surface area contributed by atoms with Gasteiger partial charge in [0.1, 0.15) is 6.17 Å². The first-order valence-corrected chi connectivity index (χ1v) is 3.89. The molecule has 1 N–H and O–H groups in total. The average Bonchev–Trinajstić information content (AvgIpc) is 1.80. The number of alkyl halides is 1. The molecule has 2 atom stereocenters. The van der Waals surface area contributed by atoms with Crippen molar-refractivity contribution in [2.24, 2.45) is 0 Å². The minimum absolute atomic E-state index is 0.460. The Balaban J connectivity index is 2.35. The van der Waals surface area contributed by atoms with Gasteiger partial charge < -0.3 is 5.11 Å². The molecule has 4 heteroatoms. The van der Waals surface area contributed by atoms with Crippen LogP contribution in [-0.4, -0.2) is 33.6 Å². The molecule has 1 heterocycles. The lowest BCUT2D eigenvalue weighted by atomic mass is 10.1. The third-order valence-electron chi connectivity index (χ3n) is 1.45. The minimum atomic E-state index is -1.00. The van der Waals surface area contributed by atoms with Gasteiger partial charge in [-0.05, 0) is 6.42 Å². The molecule has 0 aromatic rings. The van der Waals surface area contributed by atoms with Crippen LogP contribution >= 0.6 is 22.9 Å². The summed E-state index contributed by atoms with van der Waals surface area (Å²) in [6.45, 7) is 1.21. The van der Waals surface area contributed by atoms with Crippen LogP contribution in [0.2, 0.25) is 0 Å². The lowest BCUT2D eigenvalue weighted by molar-refractivity contribution is 0.0367. The number of rotatable bonds is 0. The van der Waals surface area contributed by atoms with Crippen molar-refractivity contribution in [3.05, 3.63) is 0 Å². The smallest absolute Gasteiger partial charge is 0.128 e. The van der Waals surface area contributed by atoms with Crippen molar-refractivity contribution in [1.82, 2.24) is 3.11 Å². The van der Waals surface area contributed by atoms with Crippen LogP contribution in [0.15, 0.2) is 0 Å². The van der Waals surface area contributed by atoms with Crippen molar-refractivity contribution in [3.8, 4) is 0 Å². The van der Waals surface area contributed by atoms with Gasteiger partial charge in [-0.15, -0.1) is 0 Å². The maximum atomic E-state index is 12.5. The summed E-state index contributed by atoms with van der Waals surface area (Å²) in [7, 11) is 0. The van der Waals surface area contributed by atoms with Crippen LogP contribution in [0.4, 0.5) is 4.39 Å². The third-order valence-corrected chi connectivity index (χ3v) is 2.33. The fourth-order valence-corrected chi connectivity index (χ4v) is 1.55. The Kier molecular flexibility index (Phi) is 2.66. The first-order chi connectivity index (χ1) is 4.20. The van der Waals surface area contributed by atoms with E-state index in [0.29, 0.717) is 13.0 Å². The molecular formula is C5H9FINO. The van der Waals surface area contributed by atoms with Gasteiger partial charge in [0.25, 0.3) is 0 Å². The quantitative estimate of drug-likeness (QED) is 0.502. The molecule has 0 aromatic carbocycles. The Morgan fingerprint density at radius 2 is 2.33 bits per heavy atom. The summed E-state index contributed by atoms with van der Waals surface area (Å²) in [5, 5.41) is 8.93. The van der Waals surface area contributed by atoms with E-state index in [1.165, 1.54) is 0 Å². The summed E-state index contributed by atoms with van der Waals surface area (Å²) in [5.74, 6) is 0. The maximum absolute atomic E-state index is 12.5. The molecule has 0 aromatic heterocycles. The van der Waals surface area contributed by atoms with E-state index in [1.807, 2.05) is 3.11 Å². The number of aliphatic hydroxyl groups is 1. The van der Waals surface area contributed by atoms with E-state index in [2.05, 4.69) is 22.9 Å². The van der Waals surface area contributed by atoms with Gasteiger partial charge in [-0.3, -0.25) is 0 Å². The number of hydrogen-bond donors (Lipinski definition) is 1. The molecule has 1 saturated heterocycles. The van der Waals surface area contributed by atoms with E-state index in [0.717, 1.165) is 6.54 Å². The van der Waals surface area contributed by atoms with E-state index in [1.54, 1.807) is 0 Å². The zero-order valence-corrected chi connectivity index (χ0v) is 7.08. The van der Waals surface area contributed by atoms with Crippen molar-refractivity contribution in [2.75, 3.05) is 13.1 Å². The lowest BCUT2D eigenvalue weighted by Crippen LogP contribution is -2.40. The zero-order valence-electron chi connectivity index (χ0n) is 4.93. The van der Waals surface area contributed by atoms with E-state index >= 15 is 0 Å². The van der Waals surface area contributed by atoms with Gasteiger partial charge >= 0.3 is 0 Å². The molecule has 0 amide bonds. The molecule has 2 unspecified atom stereocenters. The van der Waals surface area contributed by atoms with Crippen LogP contribution in [0, 0.1) is 0 Å². The largest absolute Gasteiger partial charge is 0.389 e. The Morgan fingerprint density at radius 3 is 2.78 bits per heavy atom. The summed E-state index contributed by atoms with van der Waals surface area (Å²) >= 11 is 2.09. The fraction of sp³-hybridized carbons (Fsp3) is 1.00. The Bertz CT molecular complexity index is 103. The zero-order chi connectivity index (χ0) is 6.85. The third kappa shape index (κ3) is 2.01. The van der Waals surface area contributed by atoms with Crippen LogP contribution < -0.4 is 0 Å². The van der Waals surface area contributed by atoms with Crippen molar-refractivity contribution < 1.29 is 9.50 Å². The molecule has 9 heavy (non-hydrogen) atoms. The van der Waals surface area contributed by atoms with Gasteiger partial charge in [-0.1, -0.05) is 0 Å². The summed E-state index contributed by atoms with van der Waals surface area (Å²) in [6, 6.07) is 0. The minimum Gasteiger partial charge on any atom is -0.389 e. The fourth-order valence-electron chi connectivity index (χ4n) is 0.864. The van der Waals surface area contributed by atoms with Crippen molar-refractivity contribution >= 4 is 22.9 Å². The molecular weight excluding hydrogens is 236 g/mol. The number of hydrogen-bond acceptors (Lipinski definition) is 2. The summed E-state index contributed by atoms with van der Waals surface area (Å²) in [6.07, 6.45) is -1.31. The number of halogens is 2. The highest BCUT2D eigenvalue weighted by Crippen LogP contribution is 2.16. The molecule has 0 aliphatic carbocycles. The maximum Gasteiger partial charge on any atom is 0.128 e. The van der Waals surface area contributed by atoms with E-state index < -0.39 is 12.3 Å². The van der Waals surface area contributed by atoms with Crippen LogP contribution in [0.5, 0.6) is 0 Å². The molecule has 0 spiro atoms. The van der Waals surface area contributed by atoms with Crippen LogP contribution in [0.3, 0.4) is 0 Å². The second kappa shape index (κ2) is 3.12. The van der Waals surface area contributed by atoms with E-state index in [9.17, 15) is 4.39 Å². The highest BCUT2D eigenvalue weighted by molar-refractivity contribution is 14.1. The van der Waals surface area contributed by atoms with Gasteiger partial charge in [0.05, 0.1) is 6.10 Å². The second-order valence-corrected chi connectivity index (χ2v) is 3.61. The molecule has 1 aliphatic rings. The van der Waals surface area contributed by atoms with Gasteiger partial charge in [-0.25, -0.2) is 7.50 Å². The molecule has 1 rings (SSSR count). The second-order valence-electron chi connectivity index (χ2n) is 2.24. The Labute approximate surface area is 67.5 Å². The summed E-state index contributed by atoms with van der Waals surface area (Å²) in [5.41, 5.74) is 0. The Morgan fingerprint density at radius 1 is 1.67 bits per heavy atom. The first kappa shape index (κ1) is 7.68. The van der Waals surface area contributed by atoms with Gasteiger partial charge in [-0.2, -0.15) is 0 Å². The highest BCUT2D eigenvalue weighted by Gasteiger charge is 2.25. The van der Waals surface area contributed by atoms with Gasteiger partial charge in [0.15, 0.2) is 0 Å². The predicted molar refractivity (Wildman–Crippen MR) is 41.1 cm³/mol. The summed E-state index contributed by atoms with van der Waals surface area (Å²) < 4.78 is 14.4. The molecule has 2 nitrogen and oxygen atoms in total. The molecule has 1 aliphatic heterocycles. The van der Waals surface area contributed by atoms with Crippen molar-refractivity contribution in [1.29, 1.82) is 0 Å². The standard InChI is InChI=1S/C5H9FINO/c6-4-1-2-8(7)3-5(4)9/h4-5,9H,1-3H2. The molecule has 0 bridgehead atoms. The molecule has 1 fully saturated rings. The number of nitrogens with zero attached hydrogens (tertiary/aromatic N) is 1. The predicted octanol–water partition coefficient (Wildman–Crippen LogP) is 0.741. The number of aliphatic hydroxyl groups excluding tert-OH is 1. The van der Waals surface area contributed by atoms with Crippen molar-refractivity contribution in [2.45, 2.75) is 18.7 Å². The molecule has 54 valence electrons. The average molecular weight is 245 g/mol. The van der Waals surface area contributed by atoms with Gasteiger partial charge in [0.2, 0.25) is 0 Å². The normalized spacial score (nSPS) is 39.0. The first-order valence-electron chi connectivity index (χ1n) is 2.93. The van der Waals surface area contributed by atoms with Gasteiger partial charge in [0, 0.05) is 36.0 Å². The lowest BCUT2D eigenvalue weighted by Gasteiger charge is -2.27. The molecule has 0 radical (unpaired) electrons. The van der Waals surface area contributed by atoms with Crippen LogP contribution in [-0.2, 0) is 0 Å². The monoisotopic (exact) mass is 245 g/mol. The highest BCUT2D eigenvalue weighted by atomic mass is 127. The number of piperidine rings is 1. The number of β-amino-alcohol motifs (C(OH)–C–C–N with tert-alkyl or cyclic N) is 1. The molecule has 0 saturated carbocycles. The van der Waals surface area contributed by atoms with Crippen molar-refractivity contribution in [3.63, 3.8) is 0 Å². The summed E-state index contributed by atoms with van der Waals surface area (Å²) in [4.78, 5) is 0. The Hall–Kier alpha value is 0.580.